The van der Waals surface area contributed by atoms with E-state index in [2.05, 4.69) is 20.0 Å². The molecule has 0 fully saturated rings. The van der Waals surface area contributed by atoms with Crippen molar-refractivity contribution in [2.75, 3.05) is 4.72 Å². The van der Waals surface area contributed by atoms with Gasteiger partial charge in [-0.1, -0.05) is 18.3 Å². The number of hydrogen-bond acceptors (Lipinski definition) is 6. The van der Waals surface area contributed by atoms with Gasteiger partial charge in [-0.2, -0.15) is 5.10 Å². The minimum atomic E-state index is -3.68. The topological polar surface area (TPSA) is 89.8 Å². The molecule has 2 aromatic rings. The smallest absolute Gasteiger partial charge is 0.267 e. The van der Waals surface area contributed by atoms with Crippen LogP contribution in [0.25, 0.3) is 0 Å². The Bertz CT molecular complexity index is 717. The third-order valence-electron chi connectivity index (χ3n) is 2.87. The average Bonchev–Trinajstić information content (AvgIpc) is 2.93. The van der Waals surface area contributed by atoms with Gasteiger partial charge in [-0.25, -0.2) is 8.42 Å². The van der Waals surface area contributed by atoms with E-state index in [-0.39, 0.29) is 10.0 Å². The first-order valence-corrected chi connectivity index (χ1v) is 8.58. The Balaban J connectivity index is 2.38. The molecule has 9 heteroatoms. The zero-order valence-corrected chi connectivity index (χ0v) is 13.5. The van der Waals surface area contributed by atoms with Crippen LogP contribution in [0.3, 0.4) is 0 Å². The molecule has 0 bridgehead atoms. The molecule has 0 radical (unpaired) electrons. The quantitative estimate of drug-likeness (QED) is 0.907. The van der Waals surface area contributed by atoms with Crippen LogP contribution in [0.4, 0.5) is 5.13 Å². The van der Waals surface area contributed by atoms with E-state index in [9.17, 15) is 8.42 Å². The highest BCUT2D eigenvalue weighted by atomic mass is 32.2. The molecule has 0 amide bonds. The second-order valence-electron chi connectivity index (χ2n) is 4.28. The van der Waals surface area contributed by atoms with Gasteiger partial charge in [0.05, 0.1) is 11.4 Å². The molecule has 0 saturated heterocycles. The first-order valence-electron chi connectivity index (χ1n) is 6.28. The maximum atomic E-state index is 12.4. The van der Waals surface area contributed by atoms with Gasteiger partial charge < -0.3 is 0 Å². The molecule has 20 heavy (non-hydrogen) atoms. The first-order chi connectivity index (χ1) is 9.39. The Hall–Kier alpha value is -1.48. The van der Waals surface area contributed by atoms with Crippen molar-refractivity contribution in [1.82, 2.24) is 20.0 Å². The Kier molecular flexibility index (Phi) is 4.09. The van der Waals surface area contributed by atoms with Crippen LogP contribution in [0.1, 0.15) is 30.2 Å². The third kappa shape index (κ3) is 2.68. The van der Waals surface area contributed by atoms with E-state index in [0.717, 1.165) is 11.4 Å². The number of aromatic nitrogens is 4. The summed E-state index contributed by atoms with van der Waals surface area (Å²) in [5.74, 6) is 0. The minimum Gasteiger partial charge on any atom is -0.268 e. The summed E-state index contributed by atoms with van der Waals surface area (Å²) in [7, 11) is -3.68. The highest BCUT2D eigenvalue weighted by Gasteiger charge is 2.25. The van der Waals surface area contributed by atoms with Crippen molar-refractivity contribution < 1.29 is 8.42 Å². The fraction of sp³-hybridized carbons (Fsp3) is 0.545. The van der Waals surface area contributed by atoms with Crippen LogP contribution in [0.5, 0.6) is 0 Å². The van der Waals surface area contributed by atoms with Crippen LogP contribution < -0.4 is 4.72 Å². The number of anilines is 1. The van der Waals surface area contributed by atoms with Gasteiger partial charge in [0, 0.05) is 6.54 Å². The molecule has 2 aromatic heterocycles. The number of nitrogens with one attached hydrogen (secondary N) is 1. The van der Waals surface area contributed by atoms with Crippen molar-refractivity contribution in [1.29, 1.82) is 0 Å². The fourth-order valence-electron chi connectivity index (χ4n) is 1.98. The first kappa shape index (κ1) is 14.9. The van der Waals surface area contributed by atoms with Crippen LogP contribution in [-0.4, -0.2) is 28.4 Å². The van der Waals surface area contributed by atoms with E-state index in [4.69, 9.17) is 0 Å². The summed E-state index contributed by atoms with van der Waals surface area (Å²) < 4.78 is 29.0. The standard InChI is InChI=1S/C11H17N5O2S2/c1-5-9-12-13-11(19-9)15-20(17,18)10-7(3)14-16(6-2)8(10)4/h5-6H2,1-4H3,(H,13,15). The van der Waals surface area contributed by atoms with E-state index >= 15 is 0 Å². The molecule has 0 spiro atoms. The summed E-state index contributed by atoms with van der Waals surface area (Å²) in [6.07, 6.45) is 0.727. The molecule has 2 rings (SSSR count). The highest BCUT2D eigenvalue weighted by Crippen LogP contribution is 2.24. The summed E-state index contributed by atoms with van der Waals surface area (Å²) in [5, 5.41) is 13.0. The number of sulfonamides is 1. The van der Waals surface area contributed by atoms with E-state index in [0.29, 0.717) is 17.9 Å². The van der Waals surface area contributed by atoms with Gasteiger partial charge in [0.2, 0.25) is 5.13 Å². The summed E-state index contributed by atoms with van der Waals surface area (Å²) >= 11 is 1.24. The van der Waals surface area contributed by atoms with E-state index in [1.165, 1.54) is 11.3 Å². The normalized spacial score (nSPS) is 11.8. The van der Waals surface area contributed by atoms with Gasteiger partial charge in [0.25, 0.3) is 10.0 Å². The Morgan fingerprint density at radius 2 is 1.95 bits per heavy atom. The van der Waals surface area contributed by atoms with E-state index in [1.54, 1.807) is 18.5 Å². The van der Waals surface area contributed by atoms with Gasteiger partial charge in [0.15, 0.2) is 0 Å². The second kappa shape index (κ2) is 5.49. The predicted molar refractivity (Wildman–Crippen MR) is 77.5 cm³/mol. The van der Waals surface area contributed by atoms with Gasteiger partial charge in [-0.05, 0) is 27.2 Å². The van der Waals surface area contributed by atoms with E-state index < -0.39 is 10.0 Å². The maximum absolute atomic E-state index is 12.4. The van der Waals surface area contributed by atoms with Crippen LogP contribution in [0, 0.1) is 13.8 Å². The Morgan fingerprint density at radius 1 is 1.25 bits per heavy atom. The lowest BCUT2D eigenvalue weighted by Crippen LogP contribution is -2.15. The maximum Gasteiger partial charge on any atom is 0.267 e. The summed E-state index contributed by atoms with van der Waals surface area (Å²) in [4.78, 5) is 0.215. The molecule has 0 aliphatic carbocycles. The van der Waals surface area contributed by atoms with Crippen molar-refractivity contribution in [3.8, 4) is 0 Å². The molecular formula is C11H17N5O2S2. The molecule has 0 aliphatic rings. The summed E-state index contributed by atoms with van der Waals surface area (Å²) in [6.45, 7) is 7.92. The van der Waals surface area contributed by atoms with Crippen LogP contribution >= 0.6 is 11.3 Å². The lowest BCUT2D eigenvalue weighted by atomic mass is 10.4. The Morgan fingerprint density at radius 3 is 2.45 bits per heavy atom. The van der Waals surface area contributed by atoms with E-state index in [1.807, 2.05) is 13.8 Å². The molecule has 0 aliphatic heterocycles. The third-order valence-corrected chi connectivity index (χ3v) is 5.58. The largest absolute Gasteiger partial charge is 0.268 e. The van der Waals surface area contributed by atoms with Gasteiger partial charge in [-0.3, -0.25) is 9.40 Å². The van der Waals surface area contributed by atoms with Crippen molar-refractivity contribution in [3.05, 3.63) is 16.4 Å². The van der Waals surface area contributed by atoms with Gasteiger partial charge in [-0.15, -0.1) is 10.2 Å². The van der Waals surface area contributed by atoms with Crippen LogP contribution in [0.2, 0.25) is 0 Å². The molecule has 110 valence electrons. The molecule has 0 saturated carbocycles. The van der Waals surface area contributed by atoms with Crippen molar-refractivity contribution in [3.63, 3.8) is 0 Å². The van der Waals surface area contributed by atoms with Crippen molar-refractivity contribution >= 4 is 26.5 Å². The lowest BCUT2D eigenvalue weighted by Gasteiger charge is -2.05. The van der Waals surface area contributed by atoms with Crippen molar-refractivity contribution in [2.45, 2.75) is 45.6 Å². The average molecular weight is 315 g/mol. The molecule has 0 aromatic carbocycles. The molecular weight excluding hydrogens is 298 g/mol. The number of nitrogens with zero attached hydrogens (tertiary/aromatic N) is 4. The second-order valence-corrected chi connectivity index (χ2v) is 6.96. The van der Waals surface area contributed by atoms with Crippen LogP contribution in [0.15, 0.2) is 4.90 Å². The van der Waals surface area contributed by atoms with Gasteiger partial charge >= 0.3 is 0 Å². The van der Waals surface area contributed by atoms with Crippen LogP contribution in [-0.2, 0) is 23.0 Å². The van der Waals surface area contributed by atoms with Crippen molar-refractivity contribution in [2.24, 2.45) is 0 Å². The summed E-state index contributed by atoms with van der Waals surface area (Å²) in [6, 6.07) is 0. The Labute approximate surface area is 122 Å². The molecule has 1 N–H and O–H groups in total. The zero-order chi connectivity index (χ0) is 14.9. The SMILES string of the molecule is CCc1nnc(NS(=O)(=O)c2c(C)nn(CC)c2C)s1. The summed E-state index contributed by atoms with van der Waals surface area (Å²) in [5.41, 5.74) is 1.11. The lowest BCUT2D eigenvalue weighted by molar-refractivity contribution is 0.598. The molecule has 0 atom stereocenters. The molecule has 2 heterocycles. The number of aryl methyl sites for hydroxylation is 3. The molecule has 7 nitrogen and oxygen atoms in total. The number of rotatable bonds is 5. The fourth-order valence-corrected chi connectivity index (χ4v) is 4.30. The monoisotopic (exact) mass is 315 g/mol. The number of hydrogen-bond donors (Lipinski definition) is 1. The minimum absolute atomic E-state index is 0.215. The highest BCUT2D eigenvalue weighted by molar-refractivity contribution is 7.93. The van der Waals surface area contributed by atoms with Gasteiger partial charge in [0.1, 0.15) is 9.90 Å². The predicted octanol–water partition coefficient (Wildman–Crippen LogP) is 1.73. The molecule has 0 unspecified atom stereocenters. The zero-order valence-electron chi connectivity index (χ0n) is 11.8.